The van der Waals surface area contributed by atoms with E-state index in [4.69, 9.17) is 4.18 Å². The van der Waals surface area contributed by atoms with Crippen LogP contribution in [0.3, 0.4) is 0 Å². The van der Waals surface area contributed by atoms with Gasteiger partial charge in [0.25, 0.3) is 0 Å². The Labute approximate surface area is 138 Å². The van der Waals surface area contributed by atoms with Crippen LogP contribution < -0.4 is 8.92 Å². The fraction of sp³-hybridized carbons (Fsp3) is 0.176. The predicted octanol–water partition coefficient (Wildman–Crippen LogP) is 3.98. The highest BCUT2D eigenvalue weighted by Gasteiger charge is 2.24. The molecule has 0 bridgehead atoms. The van der Waals surface area contributed by atoms with Crippen LogP contribution in [0.15, 0.2) is 53.4 Å². The zero-order valence-corrected chi connectivity index (χ0v) is 13.3. The van der Waals surface area contributed by atoms with Crippen molar-refractivity contribution in [3.8, 4) is 11.5 Å². The maximum atomic E-state index is 12.4. The van der Waals surface area contributed by atoms with E-state index in [0.29, 0.717) is 12.0 Å². The molecule has 2 aromatic carbocycles. The van der Waals surface area contributed by atoms with Gasteiger partial charge in [0.15, 0.2) is 0 Å². The zero-order chi connectivity index (χ0) is 17.2. The molecule has 0 aromatic heterocycles. The van der Waals surface area contributed by atoms with E-state index in [0.717, 1.165) is 5.56 Å². The van der Waals surface area contributed by atoms with Crippen LogP contribution in [0.25, 0.3) is 6.08 Å². The summed E-state index contributed by atoms with van der Waals surface area (Å²) in [6.45, 7) is -2.89. The molecule has 1 aliphatic carbocycles. The van der Waals surface area contributed by atoms with Crippen molar-refractivity contribution in [3.05, 3.63) is 64.6 Å². The second-order valence-electron chi connectivity index (χ2n) is 5.20. The summed E-state index contributed by atoms with van der Waals surface area (Å²) in [7, 11) is -3.90. The van der Waals surface area contributed by atoms with Gasteiger partial charge in [-0.15, -0.1) is 0 Å². The maximum Gasteiger partial charge on any atom is 0.387 e. The smallest absolute Gasteiger partial charge is 0.387 e. The second kappa shape index (κ2) is 6.60. The largest absolute Gasteiger partial charge is 0.435 e. The highest BCUT2D eigenvalue weighted by Crippen LogP contribution is 2.31. The molecular formula is C17H14F2O4S. The van der Waals surface area contributed by atoms with Crippen LogP contribution in [0.4, 0.5) is 8.78 Å². The van der Waals surface area contributed by atoms with E-state index >= 15 is 0 Å². The molecule has 0 spiro atoms. The first-order valence-electron chi connectivity index (χ1n) is 7.22. The van der Waals surface area contributed by atoms with Crippen LogP contribution in [0.5, 0.6) is 11.5 Å². The minimum atomic E-state index is -3.90. The van der Waals surface area contributed by atoms with Crippen LogP contribution in [0.2, 0.25) is 0 Å². The Balaban J connectivity index is 1.85. The number of aryl methyl sites for hydroxylation is 1. The van der Waals surface area contributed by atoms with Gasteiger partial charge in [0.05, 0.1) is 4.91 Å². The molecular weight excluding hydrogens is 338 g/mol. The molecule has 0 N–H and O–H groups in total. The molecule has 4 nitrogen and oxygen atoms in total. The van der Waals surface area contributed by atoms with Crippen LogP contribution >= 0.6 is 0 Å². The van der Waals surface area contributed by atoms with E-state index in [9.17, 15) is 17.2 Å². The van der Waals surface area contributed by atoms with Gasteiger partial charge in [-0.2, -0.15) is 17.2 Å². The van der Waals surface area contributed by atoms with E-state index in [-0.39, 0.29) is 22.8 Å². The third kappa shape index (κ3) is 3.73. The summed E-state index contributed by atoms with van der Waals surface area (Å²) in [5.74, 6) is 0.300. The number of alkyl halides is 2. The van der Waals surface area contributed by atoms with Gasteiger partial charge < -0.3 is 8.92 Å². The van der Waals surface area contributed by atoms with Gasteiger partial charge in [0.2, 0.25) is 0 Å². The molecule has 0 radical (unpaired) electrons. The van der Waals surface area contributed by atoms with Crippen LogP contribution in [-0.2, 0) is 16.5 Å². The minimum Gasteiger partial charge on any atom is -0.435 e. The minimum absolute atomic E-state index is 0.0593. The number of hydrogen-bond donors (Lipinski definition) is 0. The quantitative estimate of drug-likeness (QED) is 0.764. The van der Waals surface area contributed by atoms with Gasteiger partial charge in [-0.3, -0.25) is 0 Å². The molecule has 0 saturated heterocycles. The summed E-state index contributed by atoms with van der Waals surface area (Å²) >= 11 is 0. The molecule has 0 heterocycles. The van der Waals surface area contributed by atoms with Gasteiger partial charge in [-0.05, 0) is 54.3 Å². The summed E-state index contributed by atoms with van der Waals surface area (Å²) in [4.78, 5) is 0.154. The summed E-state index contributed by atoms with van der Waals surface area (Å²) in [5, 5.41) is 0. The van der Waals surface area contributed by atoms with Crippen LogP contribution in [-0.4, -0.2) is 15.0 Å². The Morgan fingerprint density at radius 1 is 0.958 bits per heavy atom. The van der Waals surface area contributed by atoms with Crippen molar-refractivity contribution in [1.29, 1.82) is 0 Å². The highest BCUT2D eigenvalue weighted by molar-refractivity contribution is 7.91. The molecule has 0 saturated carbocycles. The predicted molar refractivity (Wildman–Crippen MR) is 85.4 cm³/mol. The van der Waals surface area contributed by atoms with Crippen LogP contribution in [0, 0.1) is 0 Å². The molecule has 1 aliphatic rings. The Kier molecular flexibility index (Phi) is 4.53. The first-order chi connectivity index (χ1) is 11.4. The van der Waals surface area contributed by atoms with Gasteiger partial charge in [0, 0.05) is 0 Å². The number of rotatable bonds is 5. The lowest BCUT2D eigenvalue weighted by Gasteiger charge is -2.17. The highest BCUT2D eigenvalue weighted by atomic mass is 32.2. The van der Waals surface area contributed by atoms with Gasteiger partial charge in [-0.1, -0.05) is 24.3 Å². The first kappa shape index (κ1) is 16.4. The molecule has 3 rings (SSSR count). The molecule has 0 amide bonds. The average molecular weight is 352 g/mol. The fourth-order valence-corrected chi connectivity index (χ4v) is 3.57. The van der Waals surface area contributed by atoms with E-state index in [1.807, 2.05) is 0 Å². The Morgan fingerprint density at radius 2 is 1.71 bits per heavy atom. The normalized spacial score (nSPS) is 14.0. The summed E-state index contributed by atoms with van der Waals surface area (Å²) in [6, 6.07) is 12.7. The third-order valence-corrected chi connectivity index (χ3v) is 4.94. The van der Waals surface area contributed by atoms with Crippen LogP contribution in [0.1, 0.15) is 17.5 Å². The molecule has 0 atom stereocenters. The molecule has 126 valence electrons. The standard InChI is InChI=1S/C17H14F2O4S/c18-17(19)22-15-8-6-13-11-16(9-7-12(13)10-15)24(20,21)23-14-4-2-1-3-5-14/h1-6,8,10-11,17H,7,9H2. The van der Waals surface area contributed by atoms with Crippen molar-refractivity contribution < 1.29 is 26.1 Å². The maximum absolute atomic E-state index is 12.4. The molecule has 24 heavy (non-hydrogen) atoms. The van der Waals surface area contributed by atoms with Crippen molar-refractivity contribution in [2.45, 2.75) is 19.5 Å². The molecule has 2 aromatic rings. The number of ether oxygens (including phenoxy) is 1. The lowest BCUT2D eigenvalue weighted by Crippen LogP contribution is -2.15. The van der Waals surface area contributed by atoms with Crippen molar-refractivity contribution in [2.75, 3.05) is 0 Å². The van der Waals surface area contributed by atoms with Crippen molar-refractivity contribution in [1.82, 2.24) is 0 Å². The number of halogens is 2. The second-order valence-corrected chi connectivity index (χ2v) is 6.80. The summed E-state index contributed by atoms with van der Waals surface area (Å²) in [5.41, 5.74) is 1.41. The Morgan fingerprint density at radius 3 is 2.42 bits per heavy atom. The summed E-state index contributed by atoms with van der Waals surface area (Å²) < 4.78 is 58.7. The number of benzene rings is 2. The molecule has 0 unspecified atom stereocenters. The fourth-order valence-electron chi connectivity index (χ4n) is 2.47. The molecule has 7 heteroatoms. The lowest BCUT2D eigenvalue weighted by molar-refractivity contribution is -0.0498. The van der Waals surface area contributed by atoms with E-state index in [1.54, 1.807) is 36.4 Å². The monoisotopic (exact) mass is 352 g/mol. The van der Waals surface area contributed by atoms with Crippen molar-refractivity contribution in [2.24, 2.45) is 0 Å². The van der Waals surface area contributed by atoms with Crippen molar-refractivity contribution >= 4 is 16.2 Å². The number of fused-ring (bicyclic) bond motifs is 1. The zero-order valence-electron chi connectivity index (χ0n) is 12.5. The molecule has 0 fully saturated rings. The van der Waals surface area contributed by atoms with Crippen molar-refractivity contribution in [3.63, 3.8) is 0 Å². The van der Waals surface area contributed by atoms with Gasteiger partial charge >= 0.3 is 16.7 Å². The van der Waals surface area contributed by atoms with E-state index in [1.165, 1.54) is 18.2 Å². The summed E-state index contributed by atoms with van der Waals surface area (Å²) in [6.07, 6.45) is 2.14. The van der Waals surface area contributed by atoms with Gasteiger partial charge in [-0.25, -0.2) is 0 Å². The topological polar surface area (TPSA) is 52.6 Å². The Hall–Kier alpha value is -2.41. The number of para-hydroxylation sites is 1. The SMILES string of the molecule is O=S(=O)(Oc1ccccc1)C1=Cc2ccc(OC(F)F)cc2CC1. The Bertz CT molecular complexity index is 861. The average Bonchev–Trinajstić information content (AvgIpc) is 2.54. The number of hydrogen-bond acceptors (Lipinski definition) is 4. The van der Waals surface area contributed by atoms with E-state index < -0.39 is 16.7 Å². The van der Waals surface area contributed by atoms with Gasteiger partial charge in [0.1, 0.15) is 11.5 Å². The molecule has 0 aliphatic heterocycles. The first-order valence-corrected chi connectivity index (χ1v) is 8.63. The lowest BCUT2D eigenvalue weighted by atomic mass is 9.97. The van der Waals surface area contributed by atoms with E-state index in [2.05, 4.69) is 4.74 Å². The number of allylic oxidation sites excluding steroid dienone is 1. The third-order valence-electron chi connectivity index (χ3n) is 3.57.